The van der Waals surface area contributed by atoms with Crippen LogP contribution in [0.1, 0.15) is 13.3 Å². The molecule has 14 heavy (non-hydrogen) atoms. The quantitative estimate of drug-likeness (QED) is 0.709. The summed E-state index contributed by atoms with van der Waals surface area (Å²) in [4.78, 5) is 0.251. The highest BCUT2D eigenvalue weighted by molar-refractivity contribution is 7.90. The summed E-state index contributed by atoms with van der Waals surface area (Å²) in [6.45, 7) is 6.41. The summed E-state index contributed by atoms with van der Waals surface area (Å²) in [6.07, 6.45) is 4.92. The monoisotopic (exact) mass is 214 g/mol. The van der Waals surface area contributed by atoms with Gasteiger partial charge in [0.1, 0.15) is 4.90 Å². The zero-order chi connectivity index (χ0) is 10.8. The zero-order valence-corrected chi connectivity index (χ0v) is 9.21. The number of hydrogen-bond donors (Lipinski definition) is 0. The van der Waals surface area contributed by atoms with Gasteiger partial charge in [-0.25, -0.2) is 8.42 Å². The largest absolute Gasteiger partial charge is 0.267 e. The Kier molecular flexibility index (Phi) is 3.10. The Balaban J connectivity index is 2.84. The minimum absolute atomic E-state index is 0.251. The Labute approximate surface area is 84.2 Å². The number of rotatable bonds is 4. The van der Waals surface area contributed by atoms with E-state index in [0.717, 1.165) is 12.0 Å². The molecule has 0 N–H and O–H groups in total. The fourth-order valence-electron chi connectivity index (χ4n) is 0.963. The first-order valence-electron chi connectivity index (χ1n) is 4.32. The van der Waals surface area contributed by atoms with Crippen LogP contribution in [-0.4, -0.2) is 24.5 Å². The Morgan fingerprint density at radius 1 is 1.64 bits per heavy atom. The Hall–Kier alpha value is -1.10. The van der Waals surface area contributed by atoms with Gasteiger partial charge in [-0.15, -0.1) is 0 Å². The lowest BCUT2D eigenvalue weighted by Crippen LogP contribution is -2.00. The van der Waals surface area contributed by atoms with Crippen LogP contribution in [0.5, 0.6) is 0 Å². The number of nitrogens with zero attached hydrogens (tertiary/aromatic N) is 2. The van der Waals surface area contributed by atoms with E-state index in [9.17, 15) is 8.42 Å². The van der Waals surface area contributed by atoms with Crippen molar-refractivity contribution >= 4 is 9.84 Å². The number of hydrogen-bond acceptors (Lipinski definition) is 3. The van der Waals surface area contributed by atoms with E-state index in [4.69, 9.17) is 0 Å². The van der Waals surface area contributed by atoms with E-state index in [1.807, 2.05) is 6.92 Å². The van der Waals surface area contributed by atoms with E-state index in [2.05, 4.69) is 11.7 Å². The molecule has 0 bridgehead atoms. The molecule has 0 saturated heterocycles. The first-order chi connectivity index (χ1) is 6.43. The van der Waals surface area contributed by atoms with Crippen molar-refractivity contribution in [3.63, 3.8) is 0 Å². The van der Waals surface area contributed by atoms with Crippen molar-refractivity contribution in [3.05, 3.63) is 24.5 Å². The molecule has 1 heterocycles. The van der Waals surface area contributed by atoms with Crippen molar-refractivity contribution in [1.29, 1.82) is 0 Å². The maximum atomic E-state index is 11.1. The Bertz CT molecular complexity index is 431. The second-order valence-corrected chi connectivity index (χ2v) is 5.27. The summed E-state index contributed by atoms with van der Waals surface area (Å²) in [5, 5.41) is 3.95. The highest BCUT2D eigenvalue weighted by atomic mass is 32.2. The lowest BCUT2D eigenvalue weighted by molar-refractivity contribution is 0.601. The van der Waals surface area contributed by atoms with Crippen molar-refractivity contribution in [1.82, 2.24) is 9.78 Å². The molecule has 4 nitrogen and oxygen atoms in total. The van der Waals surface area contributed by atoms with Gasteiger partial charge in [0.25, 0.3) is 0 Å². The molecule has 78 valence electrons. The van der Waals surface area contributed by atoms with Gasteiger partial charge in [-0.05, 0) is 6.42 Å². The number of sulfone groups is 1. The highest BCUT2D eigenvalue weighted by Crippen LogP contribution is 2.08. The molecule has 0 saturated carbocycles. The van der Waals surface area contributed by atoms with Crippen LogP contribution in [0.25, 0.3) is 0 Å². The van der Waals surface area contributed by atoms with E-state index >= 15 is 0 Å². The number of allylic oxidation sites excluding steroid dienone is 1. The number of aromatic nitrogens is 2. The van der Waals surface area contributed by atoms with Gasteiger partial charge in [-0.1, -0.05) is 19.1 Å². The summed E-state index contributed by atoms with van der Waals surface area (Å²) in [5.41, 5.74) is 1.02. The average Bonchev–Trinajstić information content (AvgIpc) is 2.51. The standard InChI is InChI=1S/C9H14N2O2S/c1-4-8(2)6-11-7-9(5-10-11)14(3,12)13/h5,7H,2,4,6H2,1,3H3. The second-order valence-electron chi connectivity index (χ2n) is 3.25. The zero-order valence-electron chi connectivity index (χ0n) is 8.40. The van der Waals surface area contributed by atoms with Gasteiger partial charge in [0, 0.05) is 12.5 Å². The molecule has 0 spiro atoms. The average molecular weight is 214 g/mol. The molecule has 1 aromatic heterocycles. The first kappa shape index (κ1) is 11.0. The van der Waals surface area contributed by atoms with Crippen LogP contribution >= 0.6 is 0 Å². The van der Waals surface area contributed by atoms with Crippen LogP contribution in [0.4, 0.5) is 0 Å². The molecule has 0 unspecified atom stereocenters. The van der Waals surface area contributed by atoms with E-state index in [0.29, 0.717) is 6.54 Å². The minimum Gasteiger partial charge on any atom is -0.267 e. The minimum atomic E-state index is -3.14. The summed E-state index contributed by atoms with van der Waals surface area (Å²) in [5.74, 6) is 0. The maximum absolute atomic E-state index is 11.1. The third-order valence-corrected chi connectivity index (χ3v) is 2.99. The molecule has 1 rings (SSSR count). The molecule has 0 aliphatic carbocycles. The van der Waals surface area contributed by atoms with Crippen molar-refractivity contribution in [2.75, 3.05) is 6.26 Å². The Morgan fingerprint density at radius 3 is 2.71 bits per heavy atom. The summed E-state index contributed by atoms with van der Waals surface area (Å²) in [7, 11) is -3.14. The SMILES string of the molecule is C=C(CC)Cn1cc(S(C)(=O)=O)cn1. The van der Waals surface area contributed by atoms with Gasteiger partial charge >= 0.3 is 0 Å². The van der Waals surface area contributed by atoms with E-state index in [-0.39, 0.29) is 4.90 Å². The van der Waals surface area contributed by atoms with E-state index < -0.39 is 9.84 Å². The molecule has 0 fully saturated rings. The normalized spacial score (nSPS) is 11.6. The van der Waals surface area contributed by atoms with Crippen molar-refractivity contribution in [2.24, 2.45) is 0 Å². The lowest BCUT2D eigenvalue weighted by Gasteiger charge is -2.01. The van der Waals surface area contributed by atoms with E-state index in [1.54, 1.807) is 4.68 Å². The Morgan fingerprint density at radius 2 is 2.29 bits per heavy atom. The maximum Gasteiger partial charge on any atom is 0.178 e. The second kappa shape index (κ2) is 3.96. The highest BCUT2D eigenvalue weighted by Gasteiger charge is 2.09. The predicted octanol–water partition coefficient (Wildman–Crippen LogP) is 1.25. The van der Waals surface area contributed by atoms with Crippen LogP contribution in [0.3, 0.4) is 0 Å². The van der Waals surface area contributed by atoms with Crippen LogP contribution in [0.15, 0.2) is 29.4 Å². The molecule has 0 aliphatic heterocycles. The van der Waals surface area contributed by atoms with E-state index in [1.165, 1.54) is 18.6 Å². The molecule has 1 aromatic rings. The first-order valence-corrected chi connectivity index (χ1v) is 6.21. The fraction of sp³-hybridized carbons (Fsp3) is 0.444. The van der Waals surface area contributed by atoms with Gasteiger partial charge in [-0.2, -0.15) is 5.10 Å². The van der Waals surface area contributed by atoms with Crippen molar-refractivity contribution in [3.8, 4) is 0 Å². The molecule has 0 aliphatic rings. The third kappa shape index (κ3) is 2.70. The van der Waals surface area contributed by atoms with Crippen LogP contribution < -0.4 is 0 Å². The smallest absolute Gasteiger partial charge is 0.178 e. The fourth-order valence-corrected chi connectivity index (χ4v) is 1.52. The summed E-state index contributed by atoms with van der Waals surface area (Å²) in [6, 6.07) is 0. The predicted molar refractivity (Wildman–Crippen MR) is 54.8 cm³/mol. The van der Waals surface area contributed by atoms with Gasteiger partial charge in [0.15, 0.2) is 9.84 Å². The molecular formula is C9H14N2O2S. The molecule has 0 radical (unpaired) electrons. The van der Waals surface area contributed by atoms with Crippen molar-refractivity contribution < 1.29 is 8.42 Å². The van der Waals surface area contributed by atoms with Gasteiger partial charge in [-0.3, -0.25) is 4.68 Å². The van der Waals surface area contributed by atoms with Crippen LogP contribution in [-0.2, 0) is 16.4 Å². The molecule has 0 amide bonds. The summed E-state index contributed by atoms with van der Waals surface area (Å²) < 4.78 is 23.8. The third-order valence-electron chi connectivity index (χ3n) is 1.92. The van der Waals surface area contributed by atoms with Gasteiger partial charge in [0.05, 0.1) is 12.7 Å². The molecule has 5 heteroatoms. The molecular weight excluding hydrogens is 200 g/mol. The van der Waals surface area contributed by atoms with Crippen molar-refractivity contribution in [2.45, 2.75) is 24.8 Å². The van der Waals surface area contributed by atoms with Gasteiger partial charge in [0.2, 0.25) is 0 Å². The lowest BCUT2D eigenvalue weighted by atomic mass is 10.2. The molecule has 0 atom stereocenters. The van der Waals surface area contributed by atoms with Gasteiger partial charge < -0.3 is 0 Å². The summed E-state index contributed by atoms with van der Waals surface area (Å²) >= 11 is 0. The topological polar surface area (TPSA) is 52.0 Å². The molecule has 0 aromatic carbocycles. The van der Waals surface area contributed by atoms with Crippen LogP contribution in [0, 0.1) is 0 Å². The van der Waals surface area contributed by atoms with Crippen LogP contribution in [0.2, 0.25) is 0 Å².